The van der Waals surface area contributed by atoms with Gasteiger partial charge in [0.15, 0.2) is 5.96 Å². The molecule has 2 aromatic rings. The summed E-state index contributed by atoms with van der Waals surface area (Å²) in [5.74, 6) is 2.60. The number of guanidine groups is 1. The van der Waals surface area contributed by atoms with Crippen LogP contribution in [0.25, 0.3) is 0 Å². The molecule has 0 bridgehead atoms. The van der Waals surface area contributed by atoms with Crippen molar-refractivity contribution in [3.63, 3.8) is 0 Å². The lowest BCUT2D eigenvalue weighted by molar-refractivity contribution is -0.131. The Morgan fingerprint density at radius 1 is 1.19 bits per heavy atom. The number of hydrogen-bond acceptors (Lipinski definition) is 5. The molecule has 0 aliphatic carbocycles. The minimum absolute atomic E-state index is 0.0919. The van der Waals surface area contributed by atoms with Gasteiger partial charge < -0.3 is 24.4 Å². The summed E-state index contributed by atoms with van der Waals surface area (Å²) in [6, 6.07) is 8.01. The first-order valence-electron chi connectivity index (χ1n) is 11.3. The number of aromatic nitrogens is 3. The second kappa shape index (κ2) is 13.3. The van der Waals surface area contributed by atoms with Gasteiger partial charge in [-0.05, 0) is 38.0 Å². The molecule has 0 saturated heterocycles. The molecule has 32 heavy (non-hydrogen) atoms. The van der Waals surface area contributed by atoms with Crippen LogP contribution in [0.15, 0.2) is 35.6 Å². The van der Waals surface area contributed by atoms with Crippen molar-refractivity contribution >= 4 is 11.9 Å². The highest BCUT2D eigenvalue weighted by atomic mass is 16.5. The van der Waals surface area contributed by atoms with Crippen LogP contribution < -0.4 is 10.1 Å². The number of nitrogens with zero attached hydrogens (tertiary/aromatic N) is 6. The van der Waals surface area contributed by atoms with Gasteiger partial charge in [0.05, 0.1) is 13.7 Å². The van der Waals surface area contributed by atoms with Crippen LogP contribution >= 0.6 is 0 Å². The van der Waals surface area contributed by atoms with Crippen LogP contribution in [0.2, 0.25) is 0 Å². The second-order valence-corrected chi connectivity index (χ2v) is 7.45. The molecule has 1 aromatic heterocycles. The number of benzene rings is 1. The molecule has 0 saturated carbocycles. The van der Waals surface area contributed by atoms with E-state index in [0.717, 1.165) is 31.0 Å². The van der Waals surface area contributed by atoms with Crippen LogP contribution in [0.5, 0.6) is 5.75 Å². The predicted molar refractivity (Wildman–Crippen MR) is 127 cm³/mol. The van der Waals surface area contributed by atoms with Crippen LogP contribution in [-0.2, 0) is 24.2 Å². The molecule has 1 N–H and O–H groups in total. The number of nitrogens with one attached hydrogen (secondary N) is 1. The number of rotatable bonds is 12. The molecule has 1 aromatic carbocycles. The fourth-order valence-electron chi connectivity index (χ4n) is 3.38. The molecule has 0 unspecified atom stereocenters. The van der Waals surface area contributed by atoms with Crippen LogP contribution in [0.3, 0.4) is 0 Å². The summed E-state index contributed by atoms with van der Waals surface area (Å²) < 4.78 is 7.25. The van der Waals surface area contributed by atoms with Crippen molar-refractivity contribution < 1.29 is 9.53 Å². The smallest absolute Gasteiger partial charge is 0.242 e. The minimum atomic E-state index is 0.0919. The molecular formula is C23H37N7O2. The van der Waals surface area contributed by atoms with Crippen LogP contribution in [-0.4, -0.2) is 83.3 Å². The molecule has 0 aliphatic rings. The lowest BCUT2D eigenvalue weighted by atomic mass is 10.1. The normalized spacial score (nSPS) is 11.3. The first-order valence-corrected chi connectivity index (χ1v) is 11.3. The first-order chi connectivity index (χ1) is 15.5. The maximum atomic E-state index is 12.6. The van der Waals surface area contributed by atoms with Crippen molar-refractivity contribution in [1.82, 2.24) is 29.9 Å². The Labute approximate surface area is 191 Å². The fourth-order valence-corrected chi connectivity index (χ4v) is 3.38. The van der Waals surface area contributed by atoms with Crippen molar-refractivity contribution in [2.24, 2.45) is 4.99 Å². The zero-order valence-corrected chi connectivity index (χ0v) is 20.0. The van der Waals surface area contributed by atoms with Gasteiger partial charge in [-0.3, -0.25) is 9.79 Å². The molecule has 0 radical (unpaired) electrons. The molecule has 0 aliphatic heterocycles. The van der Waals surface area contributed by atoms with Gasteiger partial charge in [0, 0.05) is 46.2 Å². The zero-order valence-electron chi connectivity index (χ0n) is 20.0. The monoisotopic (exact) mass is 443 g/mol. The number of carbonyl (C=O) groups excluding carboxylic acids is 1. The molecule has 9 nitrogen and oxygen atoms in total. The van der Waals surface area contributed by atoms with E-state index in [0.29, 0.717) is 32.1 Å². The third kappa shape index (κ3) is 7.55. The van der Waals surface area contributed by atoms with E-state index in [2.05, 4.69) is 22.4 Å². The van der Waals surface area contributed by atoms with Gasteiger partial charge in [-0.1, -0.05) is 19.1 Å². The van der Waals surface area contributed by atoms with Crippen LogP contribution in [0.1, 0.15) is 32.2 Å². The minimum Gasteiger partial charge on any atom is -0.497 e. The molecule has 1 heterocycles. The molecule has 0 fully saturated rings. The molecule has 9 heteroatoms. The van der Waals surface area contributed by atoms with Gasteiger partial charge in [0.1, 0.15) is 17.9 Å². The molecule has 176 valence electrons. The largest absolute Gasteiger partial charge is 0.497 e. The lowest BCUT2D eigenvalue weighted by Gasteiger charge is -2.26. The van der Waals surface area contributed by atoms with Gasteiger partial charge in [0.2, 0.25) is 5.91 Å². The van der Waals surface area contributed by atoms with Crippen molar-refractivity contribution in [3.8, 4) is 5.75 Å². The number of carbonyl (C=O) groups is 1. The number of amides is 1. The van der Waals surface area contributed by atoms with Gasteiger partial charge >= 0.3 is 0 Å². The Balaban J connectivity index is 2.02. The van der Waals surface area contributed by atoms with Crippen molar-refractivity contribution in [2.45, 2.75) is 40.2 Å². The quantitative estimate of drug-likeness (QED) is 0.398. The summed E-state index contributed by atoms with van der Waals surface area (Å²) in [5, 5.41) is 11.5. The van der Waals surface area contributed by atoms with E-state index in [1.807, 2.05) is 59.5 Å². The number of ether oxygens (including phenoxy) is 1. The maximum absolute atomic E-state index is 12.6. The van der Waals surface area contributed by atoms with E-state index in [1.54, 1.807) is 13.4 Å². The van der Waals surface area contributed by atoms with E-state index in [-0.39, 0.29) is 12.5 Å². The third-order valence-electron chi connectivity index (χ3n) is 5.32. The predicted octanol–water partition coefficient (Wildman–Crippen LogP) is 1.84. The first kappa shape index (κ1) is 25.2. The van der Waals surface area contributed by atoms with Crippen LogP contribution in [0, 0.1) is 0 Å². The zero-order chi connectivity index (χ0) is 23.3. The lowest BCUT2D eigenvalue weighted by Crippen LogP contribution is -2.46. The van der Waals surface area contributed by atoms with Gasteiger partial charge in [-0.15, -0.1) is 10.2 Å². The van der Waals surface area contributed by atoms with Crippen molar-refractivity contribution in [1.29, 1.82) is 0 Å². The Morgan fingerprint density at radius 2 is 1.91 bits per heavy atom. The Bertz CT molecular complexity index is 844. The average molecular weight is 444 g/mol. The number of hydrogen-bond donors (Lipinski definition) is 1. The van der Waals surface area contributed by atoms with E-state index in [9.17, 15) is 4.79 Å². The maximum Gasteiger partial charge on any atom is 0.242 e. The summed E-state index contributed by atoms with van der Waals surface area (Å²) in [6.45, 7) is 9.74. The Morgan fingerprint density at radius 3 is 2.53 bits per heavy atom. The molecule has 1 amide bonds. The van der Waals surface area contributed by atoms with Gasteiger partial charge in [0.25, 0.3) is 0 Å². The highest BCUT2D eigenvalue weighted by Gasteiger charge is 2.15. The molecule has 0 atom stereocenters. The van der Waals surface area contributed by atoms with E-state index in [1.165, 1.54) is 5.56 Å². The highest BCUT2D eigenvalue weighted by Crippen LogP contribution is 2.11. The number of aryl methyl sites for hydroxylation is 1. The summed E-state index contributed by atoms with van der Waals surface area (Å²) in [6.07, 6.45) is 3.38. The number of likely N-dealkylation sites (N-methyl/N-ethyl adjacent to an activating group) is 2. The van der Waals surface area contributed by atoms with Crippen molar-refractivity contribution in [2.75, 3.05) is 46.9 Å². The summed E-state index contributed by atoms with van der Waals surface area (Å²) in [5.41, 5.74) is 1.19. The van der Waals surface area contributed by atoms with Crippen LogP contribution in [0.4, 0.5) is 0 Å². The summed E-state index contributed by atoms with van der Waals surface area (Å²) in [7, 11) is 3.56. The van der Waals surface area contributed by atoms with E-state index < -0.39 is 0 Å². The standard InChI is InChI=1S/C23H37N7O2/c1-6-21-27-26-18-30(21)16-15-25-23(28(4)17-22(31)29(7-2)8-3)24-14-13-19-9-11-20(32-5)12-10-19/h9-12,18H,6-8,13-17H2,1-5H3,(H,24,25). The highest BCUT2D eigenvalue weighted by molar-refractivity contribution is 5.86. The van der Waals surface area contributed by atoms with Crippen molar-refractivity contribution in [3.05, 3.63) is 42.0 Å². The molecule has 0 spiro atoms. The SMILES string of the molecule is CCc1nncn1CCNC(=NCCc1ccc(OC)cc1)N(C)CC(=O)N(CC)CC. The Hall–Kier alpha value is -3.10. The van der Waals surface area contributed by atoms with E-state index in [4.69, 9.17) is 9.73 Å². The summed E-state index contributed by atoms with van der Waals surface area (Å²) >= 11 is 0. The second-order valence-electron chi connectivity index (χ2n) is 7.45. The number of aliphatic imine (C=N–C) groups is 1. The number of methoxy groups -OCH3 is 1. The average Bonchev–Trinajstić information content (AvgIpc) is 3.26. The van der Waals surface area contributed by atoms with Gasteiger partial charge in [-0.25, -0.2) is 0 Å². The Kier molecular flexibility index (Phi) is 10.5. The molecule has 2 rings (SSSR count). The topological polar surface area (TPSA) is 87.9 Å². The molecular weight excluding hydrogens is 406 g/mol. The summed E-state index contributed by atoms with van der Waals surface area (Å²) in [4.78, 5) is 21.1. The third-order valence-corrected chi connectivity index (χ3v) is 5.32. The van der Waals surface area contributed by atoms with E-state index >= 15 is 0 Å². The fraction of sp³-hybridized carbons (Fsp3) is 0.565. The van der Waals surface area contributed by atoms with Gasteiger partial charge in [-0.2, -0.15) is 0 Å².